The fraction of sp³-hybridized carbons (Fsp3) is 0.312. The molecule has 0 bridgehead atoms. The van der Waals surface area contributed by atoms with E-state index in [0.29, 0.717) is 42.8 Å². The topological polar surface area (TPSA) is 45.7 Å². The molecule has 5 rings (SSSR count). The van der Waals surface area contributed by atoms with Gasteiger partial charge in [0.15, 0.2) is 6.54 Å². The molecule has 39 heavy (non-hydrogen) atoms. The van der Waals surface area contributed by atoms with E-state index in [4.69, 9.17) is 4.74 Å². The standard InChI is InChI=1S/C32H36FN4O2/c1-23-19-30(25-8-6-5-7-9-25)37(3,21-28(23)26-10-11-29(33)24(2)18-26)22-32(38)36-16-14-35(15-17-36)31-20-27(39-4)12-13-34-31/h5-13,18-21,23H,14-17,22H2,1-4H3/q+1. The lowest BCUT2D eigenvalue weighted by Gasteiger charge is -2.40. The second kappa shape index (κ2) is 11.0. The van der Waals surface area contributed by atoms with E-state index < -0.39 is 0 Å². The zero-order valence-corrected chi connectivity index (χ0v) is 23.1. The first-order chi connectivity index (χ1) is 18.8. The normalized spacial score (nSPS) is 21.3. The first-order valence-electron chi connectivity index (χ1n) is 13.4. The van der Waals surface area contributed by atoms with Crippen molar-refractivity contribution in [3.8, 4) is 5.75 Å². The minimum Gasteiger partial charge on any atom is -0.497 e. The van der Waals surface area contributed by atoms with E-state index in [1.807, 2.05) is 47.4 Å². The third-order valence-electron chi connectivity index (χ3n) is 7.81. The van der Waals surface area contributed by atoms with Gasteiger partial charge in [0.05, 0.1) is 14.2 Å². The van der Waals surface area contributed by atoms with Crippen LogP contribution >= 0.6 is 0 Å². The van der Waals surface area contributed by atoms with Gasteiger partial charge in [0.2, 0.25) is 0 Å². The lowest BCUT2D eigenvalue weighted by Crippen LogP contribution is -2.54. The summed E-state index contributed by atoms with van der Waals surface area (Å²) in [7, 11) is 3.74. The second-order valence-electron chi connectivity index (χ2n) is 10.6. The van der Waals surface area contributed by atoms with Gasteiger partial charge >= 0.3 is 0 Å². The highest BCUT2D eigenvalue weighted by atomic mass is 19.1. The number of anilines is 1. The zero-order chi connectivity index (χ0) is 27.6. The Balaban J connectivity index is 1.39. The molecule has 6 nitrogen and oxygen atoms in total. The summed E-state index contributed by atoms with van der Waals surface area (Å²) < 4.78 is 19.7. The SMILES string of the molecule is COc1ccnc(N2CCN(C(=O)C[N+]3(C)C=C(c4ccc(F)c(C)c4)C(C)C=C3c3ccccc3)CC2)c1. The Labute approximate surface area is 230 Å². The van der Waals surface area contributed by atoms with Crippen molar-refractivity contribution in [1.82, 2.24) is 9.88 Å². The lowest BCUT2D eigenvalue weighted by molar-refractivity contribution is -0.777. The monoisotopic (exact) mass is 527 g/mol. The smallest absolute Gasteiger partial charge is 0.278 e. The Kier molecular flexibility index (Phi) is 7.53. The van der Waals surface area contributed by atoms with Gasteiger partial charge in [0.1, 0.15) is 29.3 Å². The van der Waals surface area contributed by atoms with E-state index in [-0.39, 0.29) is 17.6 Å². The minimum absolute atomic E-state index is 0.109. The van der Waals surface area contributed by atoms with Crippen molar-refractivity contribution in [2.24, 2.45) is 5.92 Å². The number of hydrogen-bond donors (Lipinski definition) is 0. The number of likely N-dealkylation sites (N-methyl/N-ethyl adjacent to an activating group) is 1. The molecule has 2 aromatic carbocycles. The summed E-state index contributed by atoms with van der Waals surface area (Å²) in [5.41, 5.74) is 4.90. The lowest BCUT2D eigenvalue weighted by atomic mass is 9.88. The van der Waals surface area contributed by atoms with Crippen molar-refractivity contribution >= 4 is 23.0 Å². The van der Waals surface area contributed by atoms with Crippen LogP contribution in [-0.2, 0) is 4.79 Å². The Hall–Kier alpha value is -3.97. The Morgan fingerprint density at radius 3 is 2.49 bits per heavy atom. The van der Waals surface area contributed by atoms with Crippen LogP contribution in [0.4, 0.5) is 10.2 Å². The van der Waals surface area contributed by atoms with E-state index in [9.17, 15) is 9.18 Å². The van der Waals surface area contributed by atoms with Crippen LogP contribution < -0.4 is 9.64 Å². The number of benzene rings is 2. The van der Waals surface area contributed by atoms with E-state index in [1.54, 1.807) is 20.2 Å². The molecule has 1 amide bonds. The average Bonchev–Trinajstić information content (AvgIpc) is 2.96. The molecule has 2 atom stereocenters. The van der Waals surface area contributed by atoms with Crippen molar-refractivity contribution < 1.29 is 18.4 Å². The number of aryl methyl sites for hydroxylation is 1. The summed E-state index contributed by atoms with van der Waals surface area (Å²) in [5, 5.41) is 0. The maximum absolute atomic E-state index is 14.1. The molecular weight excluding hydrogens is 491 g/mol. The zero-order valence-electron chi connectivity index (χ0n) is 23.1. The van der Waals surface area contributed by atoms with Gasteiger partial charge in [-0.3, -0.25) is 9.28 Å². The van der Waals surface area contributed by atoms with E-state index in [1.165, 1.54) is 6.07 Å². The van der Waals surface area contributed by atoms with Crippen LogP contribution in [0, 0.1) is 18.7 Å². The number of quaternary nitrogens is 1. The fourth-order valence-corrected chi connectivity index (χ4v) is 5.55. The number of amides is 1. The largest absolute Gasteiger partial charge is 0.497 e. The molecule has 2 aliphatic rings. The van der Waals surface area contributed by atoms with Gasteiger partial charge in [-0.15, -0.1) is 0 Å². The Bertz CT molecular complexity index is 1410. The average molecular weight is 528 g/mol. The van der Waals surface area contributed by atoms with Crippen LogP contribution in [0.5, 0.6) is 5.75 Å². The molecule has 1 saturated heterocycles. The van der Waals surface area contributed by atoms with Crippen LogP contribution in [0.3, 0.4) is 0 Å². The van der Waals surface area contributed by atoms with Crippen LogP contribution in [0.2, 0.25) is 0 Å². The predicted octanol–water partition coefficient (Wildman–Crippen LogP) is 5.36. The van der Waals surface area contributed by atoms with Gasteiger partial charge in [0.25, 0.3) is 5.91 Å². The Morgan fingerprint density at radius 1 is 1.05 bits per heavy atom. The van der Waals surface area contributed by atoms with Gasteiger partial charge in [-0.05, 0) is 54.5 Å². The second-order valence-corrected chi connectivity index (χ2v) is 10.6. The number of carbonyl (C=O) groups excluding carboxylic acids is 1. The van der Waals surface area contributed by atoms with Crippen molar-refractivity contribution in [2.75, 3.05) is 51.8 Å². The van der Waals surface area contributed by atoms with Gasteiger partial charge in [-0.2, -0.15) is 0 Å². The third-order valence-corrected chi connectivity index (χ3v) is 7.81. The number of aromatic nitrogens is 1. The highest BCUT2D eigenvalue weighted by Gasteiger charge is 2.38. The van der Waals surface area contributed by atoms with Gasteiger partial charge < -0.3 is 14.5 Å². The molecule has 3 heterocycles. The summed E-state index contributed by atoms with van der Waals surface area (Å²) >= 11 is 0. The first-order valence-corrected chi connectivity index (χ1v) is 13.4. The third kappa shape index (κ3) is 5.59. The predicted molar refractivity (Wildman–Crippen MR) is 153 cm³/mol. The fourth-order valence-electron chi connectivity index (χ4n) is 5.55. The number of rotatable bonds is 6. The molecule has 0 saturated carbocycles. The number of carbonyl (C=O) groups is 1. The molecule has 0 N–H and O–H groups in total. The highest BCUT2D eigenvalue weighted by molar-refractivity contribution is 5.81. The first kappa shape index (κ1) is 26.6. The summed E-state index contributed by atoms with van der Waals surface area (Å²) in [6.45, 7) is 6.93. The summed E-state index contributed by atoms with van der Waals surface area (Å²) in [4.78, 5) is 22.4. The van der Waals surface area contributed by atoms with E-state index in [0.717, 1.165) is 34.0 Å². The summed E-state index contributed by atoms with van der Waals surface area (Å²) in [5.74, 6) is 1.65. The molecule has 202 valence electrons. The molecule has 2 aliphatic heterocycles. The number of piperazine rings is 1. The number of allylic oxidation sites excluding steroid dienone is 2. The van der Waals surface area contributed by atoms with Crippen LogP contribution in [0.25, 0.3) is 11.3 Å². The molecule has 1 aromatic heterocycles. The van der Waals surface area contributed by atoms with Crippen molar-refractivity contribution in [3.63, 3.8) is 0 Å². The van der Waals surface area contributed by atoms with Crippen molar-refractivity contribution in [2.45, 2.75) is 13.8 Å². The molecule has 1 fully saturated rings. The molecule has 0 spiro atoms. The number of nitrogens with zero attached hydrogens (tertiary/aromatic N) is 4. The number of ether oxygens (including phenoxy) is 1. The number of hydrogen-bond acceptors (Lipinski definition) is 4. The van der Waals surface area contributed by atoms with Crippen molar-refractivity contribution in [1.29, 1.82) is 0 Å². The summed E-state index contributed by atoms with van der Waals surface area (Å²) in [6, 6.07) is 19.3. The maximum atomic E-state index is 14.1. The van der Waals surface area contributed by atoms with Crippen molar-refractivity contribution in [3.05, 3.63) is 102 Å². The van der Waals surface area contributed by atoms with Crippen LogP contribution in [0.15, 0.2) is 79.1 Å². The highest BCUT2D eigenvalue weighted by Crippen LogP contribution is 2.39. The summed E-state index contributed by atoms with van der Waals surface area (Å²) in [6.07, 6.45) is 6.19. The molecule has 0 aliphatic carbocycles. The van der Waals surface area contributed by atoms with E-state index >= 15 is 0 Å². The quantitative estimate of drug-likeness (QED) is 0.405. The van der Waals surface area contributed by atoms with Gasteiger partial charge in [-0.25, -0.2) is 9.37 Å². The van der Waals surface area contributed by atoms with Crippen LogP contribution in [-0.4, -0.2) is 67.2 Å². The molecule has 0 radical (unpaired) electrons. The minimum atomic E-state index is -0.209. The molecule has 7 heteroatoms. The number of methoxy groups -OCH3 is 1. The van der Waals surface area contributed by atoms with Crippen LogP contribution in [0.1, 0.15) is 23.6 Å². The molecular formula is C32H36FN4O2+. The maximum Gasteiger partial charge on any atom is 0.278 e. The Morgan fingerprint density at radius 2 is 1.79 bits per heavy atom. The number of halogens is 1. The molecule has 3 aromatic rings. The number of pyridine rings is 1. The van der Waals surface area contributed by atoms with E-state index in [2.05, 4.69) is 48.3 Å². The van der Waals surface area contributed by atoms with Gasteiger partial charge in [0, 0.05) is 55.5 Å². The molecule has 2 unspecified atom stereocenters. The van der Waals surface area contributed by atoms with Gasteiger partial charge in [-0.1, -0.05) is 31.2 Å².